The van der Waals surface area contributed by atoms with E-state index in [0.717, 1.165) is 31.2 Å². The number of benzene rings is 1. The highest BCUT2D eigenvalue weighted by Gasteiger charge is 2.18. The van der Waals surface area contributed by atoms with Gasteiger partial charge in [0.1, 0.15) is 0 Å². The lowest BCUT2D eigenvalue weighted by Crippen LogP contribution is -2.41. The number of carbonyl (C=O) groups excluding carboxylic acids is 1. The highest BCUT2D eigenvalue weighted by atomic mass is 32.2. The van der Waals surface area contributed by atoms with Crippen LogP contribution in [0.1, 0.15) is 44.2 Å². The van der Waals surface area contributed by atoms with Gasteiger partial charge in [0, 0.05) is 6.04 Å². The lowest BCUT2D eigenvalue weighted by atomic mass is 10.1. The number of nitrogens with one attached hydrogen (secondary N) is 2. The maximum Gasteiger partial charge on any atom is 0.315 e. The summed E-state index contributed by atoms with van der Waals surface area (Å²) in [6.07, 6.45) is 4.39. The number of urea groups is 1. The first-order chi connectivity index (χ1) is 9.86. The Labute approximate surface area is 125 Å². The smallest absolute Gasteiger partial charge is 0.315 e. The van der Waals surface area contributed by atoms with Crippen molar-refractivity contribution in [1.82, 2.24) is 10.6 Å². The fourth-order valence-electron chi connectivity index (χ4n) is 2.52. The number of sulfonamides is 1. The fourth-order valence-corrected chi connectivity index (χ4v) is 3.04. The molecule has 116 valence electrons. The largest absolute Gasteiger partial charge is 0.335 e. The predicted octanol–water partition coefficient (Wildman–Crippen LogP) is 1.64. The molecule has 0 spiro atoms. The van der Waals surface area contributed by atoms with E-state index in [1.54, 1.807) is 12.1 Å². The zero-order valence-corrected chi connectivity index (χ0v) is 12.8. The van der Waals surface area contributed by atoms with Crippen LogP contribution in [0.4, 0.5) is 4.79 Å². The monoisotopic (exact) mass is 311 g/mol. The van der Waals surface area contributed by atoms with E-state index in [4.69, 9.17) is 5.14 Å². The molecule has 2 amide bonds. The molecule has 1 fully saturated rings. The Balaban J connectivity index is 1.93. The summed E-state index contributed by atoms with van der Waals surface area (Å²) in [6.45, 7) is 1.85. The molecular weight excluding hydrogens is 290 g/mol. The first-order valence-corrected chi connectivity index (χ1v) is 8.60. The third kappa shape index (κ3) is 4.44. The van der Waals surface area contributed by atoms with Crippen molar-refractivity contribution in [2.45, 2.75) is 49.6 Å². The minimum absolute atomic E-state index is 0.0638. The maximum atomic E-state index is 11.9. The summed E-state index contributed by atoms with van der Waals surface area (Å²) < 4.78 is 22.4. The van der Waals surface area contributed by atoms with E-state index in [-0.39, 0.29) is 23.0 Å². The zero-order chi connectivity index (χ0) is 15.5. The standard InChI is InChI=1S/C14H21N3O3S/c1-10(16-14(18)17-12-4-2-3-5-12)11-6-8-13(9-7-11)21(15,19)20/h6-10,12H,2-5H2,1H3,(H2,15,19,20)(H2,16,17,18)/t10-/m0/s1. The van der Waals surface area contributed by atoms with Gasteiger partial charge >= 0.3 is 6.03 Å². The quantitative estimate of drug-likeness (QED) is 0.787. The summed E-state index contributed by atoms with van der Waals surface area (Å²) >= 11 is 0. The summed E-state index contributed by atoms with van der Waals surface area (Å²) in [5.41, 5.74) is 0.823. The molecule has 0 heterocycles. The van der Waals surface area contributed by atoms with Gasteiger partial charge in [0.25, 0.3) is 0 Å². The molecule has 1 atom stereocenters. The van der Waals surface area contributed by atoms with E-state index in [9.17, 15) is 13.2 Å². The third-order valence-electron chi connectivity index (χ3n) is 3.75. The molecule has 0 bridgehead atoms. The van der Waals surface area contributed by atoms with E-state index < -0.39 is 10.0 Å². The SMILES string of the molecule is C[C@H](NC(=O)NC1CCCC1)c1ccc(S(N)(=O)=O)cc1. The van der Waals surface area contributed by atoms with Crippen LogP contribution in [-0.4, -0.2) is 20.5 Å². The Hall–Kier alpha value is -1.60. The number of hydrogen-bond donors (Lipinski definition) is 3. The molecule has 1 saturated carbocycles. The Kier molecular flexibility index (Phi) is 4.84. The number of carbonyl (C=O) groups is 1. The van der Waals surface area contributed by atoms with E-state index >= 15 is 0 Å². The van der Waals surface area contributed by atoms with Crippen molar-refractivity contribution in [2.75, 3.05) is 0 Å². The minimum Gasteiger partial charge on any atom is -0.335 e. The second kappa shape index (κ2) is 6.44. The van der Waals surface area contributed by atoms with Crippen molar-refractivity contribution in [1.29, 1.82) is 0 Å². The molecular formula is C14H21N3O3S. The van der Waals surface area contributed by atoms with Gasteiger partial charge in [0.05, 0.1) is 10.9 Å². The summed E-state index contributed by atoms with van der Waals surface area (Å²) in [5.74, 6) is 0. The zero-order valence-electron chi connectivity index (χ0n) is 12.0. The number of primary sulfonamides is 1. The second-order valence-electron chi connectivity index (χ2n) is 5.43. The molecule has 0 unspecified atom stereocenters. The normalized spacial score (nSPS) is 17.4. The van der Waals surface area contributed by atoms with Gasteiger partial charge in [-0.3, -0.25) is 0 Å². The van der Waals surface area contributed by atoms with Crippen LogP contribution in [0.2, 0.25) is 0 Å². The Morgan fingerprint density at radius 2 is 1.81 bits per heavy atom. The molecule has 21 heavy (non-hydrogen) atoms. The van der Waals surface area contributed by atoms with Gasteiger partial charge in [0.15, 0.2) is 0 Å². The molecule has 0 radical (unpaired) electrons. The number of rotatable bonds is 4. The molecule has 1 aliphatic carbocycles. The fraction of sp³-hybridized carbons (Fsp3) is 0.500. The van der Waals surface area contributed by atoms with E-state index in [2.05, 4.69) is 10.6 Å². The Morgan fingerprint density at radius 1 is 1.24 bits per heavy atom. The highest BCUT2D eigenvalue weighted by Crippen LogP contribution is 2.18. The third-order valence-corrected chi connectivity index (χ3v) is 4.68. The first kappa shape index (κ1) is 15.8. The van der Waals surface area contributed by atoms with Gasteiger partial charge in [0.2, 0.25) is 10.0 Å². The summed E-state index contributed by atoms with van der Waals surface area (Å²) in [7, 11) is -3.68. The van der Waals surface area contributed by atoms with Crippen molar-refractivity contribution < 1.29 is 13.2 Å². The van der Waals surface area contributed by atoms with Crippen LogP contribution in [0.3, 0.4) is 0 Å². The van der Waals surface area contributed by atoms with E-state index in [1.807, 2.05) is 6.92 Å². The predicted molar refractivity (Wildman–Crippen MR) is 80.2 cm³/mol. The van der Waals surface area contributed by atoms with Crippen molar-refractivity contribution in [3.05, 3.63) is 29.8 Å². The molecule has 2 rings (SSSR count). The van der Waals surface area contributed by atoms with Crippen LogP contribution in [0.5, 0.6) is 0 Å². The topological polar surface area (TPSA) is 101 Å². The van der Waals surface area contributed by atoms with Crippen LogP contribution in [0.25, 0.3) is 0 Å². The van der Waals surface area contributed by atoms with Gasteiger partial charge < -0.3 is 10.6 Å². The van der Waals surface area contributed by atoms with Crippen LogP contribution >= 0.6 is 0 Å². The van der Waals surface area contributed by atoms with Crippen LogP contribution < -0.4 is 15.8 Å². The van der Waals surface area contributed by atoms with Gasteiger partial charge in [-0.1, -0.05) is 25.0 Å². The number of nitrogens with two attached hydrogens (primary N) is 1. The van der Waals surface area contributed by atoms with Crippen molar-refractivity contribution in [2.24, 2.45) is 5.14 Å². The lowest BCUT2D eigenvalue weighted by molar-refractivity contribution is 0.234. The Morgan fingerprint density at radius 3 is 2.33 bits per heavy atom. The van der Waals surface area contributed by atoms with E-state index in [0.29, 0.717) is 0 Å². The summed E-state index contributed by atoms with van der Waals surface area (Å²) in [6, 6.07) is 6.06. The van der Waals surface area contributed by atoms with Crippen molar-refractivity contribution >= 4 is 16.1 Å². The minimum atomic E-state index is -3.68. The molecule has 0 aromatic heterocycles. The van der Waals surface area contributed by atoms with Gasteiger partial charge in [-0.25, -0.2) is 18.4 Å². The van der Waals surface area contributed by atoms with Crippen LogP contribution in [0, 0.1) is 0 Å². The molecule has 1 aromatic carbocycles. The lowest BCUT2D eigenvalue weighted by Gasteiger charge is -2.18. The average molecular weight is 311 g/mol. The molecule has 1 aliphatic rings. The van der Waals surface area contributed by atoms with Crippen molar-refractivity contribution in [3.8, 4) is 0 Å². The number of amides is 2. The Bertz CT molecular complexity index is 592. The average Bonchev–Trinajstić information content (AvgIpc) is 2.90. The molecule has 6 nitrogen and oxygen atoms in total. The second-order valence-corrected chi connectivity index (χ2v) is 7.00. The van der Waals surface area contributed by atoms with Gasteiger partial charge in [-0.2, -0.15) is 0 Å². The van der Waals surface area contributed by atoms with Crippen LogP contribution in [-0.2, 0) is 10.0 Å². The highest BCUT2D eigenvalue weighted by molar-refractivity contribution is 7.89. The molecule has 4 N–H and O–H groups in total. The molecule has 0 saturated heterocycles. The first-order valence-electron chi connectivity index (χ1n) is 7.06. The maximum absolute atomic E-state index is 11.9. The van der Waals surface area contributed by atoms with Crippen molar-refractivity contribution in [3.63, 3.8) is 0 Å². The summed E-state index contributed by atoms with van der Waals surface area (Å²) in [5, 5.41) is 10.8. The summed E-state index contributed by atoms with van der Waals surface area (Å²) in [4.78, 5) is 11.9. The molecule has 1 aromatic rings. The van der Waals surface area contributed by atoms with Crippen LogP contribution in [0.15, 0.2) is 29.2 Å². The van der Waals surface area contributed by atoms with E-state index in [1.165, 1.54) is 12.1 Å². The van der Waals surface area contributed by atoms with Gasteiger partial charge in [-0.15, -0.1) is 0 Å². The molecule has 7 heteroatoms. The van der Waals surface area contributed by atoms with Gasteiger partial charge in [-0.05, 0) is 37.5 Å². The number of hydrogen-bond acceptors (Lipinski definition) is 3. The molecule has 0 aliphatic heterocycles.